The summed E-state index contributed by atoms with van der Waals surface area (Å²) in [5, 5.41) is 7.22. The highest BCUT2D eigenvalue weighted by atomic mass is 16.5. The Hall–Kier alpha value is -3.65. The Morgan fingerprint density at radius 1 is 1.07 bits per heavy atom. The minimum Gasteiger partial charge on any atom is -0.493 e. The molecular weight excluding hydrogens is 370 g/mol. The van der Waals surface area contributed by atoms with Gasteiger partial charge < -0.3 is 20.2 Å². The smallest absolute Gasteiger partial charge is 0.258 e. The Bertz CT molecular complexity index is 1200. The first-order valence-corrected chi connectivity index (χ1v) is 9.08. The Morgan fingerprint density at radius 2 is 1.90 bits per heavy atom. The van der Waals surface area contributed by atoms with E-state index in [9.17, 15) is 4.79 Å². The van der Waals surface area contributed by atoms with E-state index in [1.54, 1.807) is 32.7 Å². The van der Waals surface area contributed by atoms with Gasteiger partial charge in [-0.25, -0.2) is 4.98 Å². The Morgan fingerprint density at radius 3 is 2.62 bits per heavy atom. The van der Waals surface area contributed by atoms with E-state index in [0.717, 1.165) is 16.7 Å². The van der Waals surface area contributed by atoms with Crippen molar-refractivity contribution in [1.29, 1.82) is 0 Å². The molecule has 0 aliphatic carbocycles. The van der Waals surface area contributed by atoms with Gasteiger partial charge in [0.05, 0.1) is 37.4 Å². The van der Waals surface area contributed by atoms with Gasteiger partial charge in [0.15, 0.2) is 11.5 Å². The van der Waals surface area contributed by atoms with Crippen molar-refractivity contribution in [3.05, 3.63) is 70.5 Å². The minimum absolute atomic E-state index is 0.224. The predicted molar refractivity (Wildman–Crippen MR) is 110 cm³/mol. The standard InChI is InChI=1S/C21H21N5O3/c1-28-18-6-3-12(8-19(18)29-2)7-16(22)20-25-17-5-4-13(14-10-23-24-11-14)9-15(17)21(27)26-20/h3-6,8-11,16H,7,22H2,1-2H3,(H,23,24)(H,25,26,27)/t16-/m1/s1. The van der Waals surface area contributed by atoms with Crippen molar-refractivity contribution in [3.8, 4) is 22.6 Å². The number of rotatable bonds is 6. The number of aromatic amines is 2. The molecule has 4 rings (SSSR count). The Labute approximate surface area is 166 Å². The summed E-state index contributed by atoms with van der Waals surface area (Å²) in [5.41, 5.74) is 9.46. The number of hydrogen-bond donors (Lipinski definition) is 3. The summed E-state index contributed by atoms with van der Waals surface area (Å²) in [6, 6.07) is 10.7. The molecular formula is C21H21N5O3. The number of benzene rings is 2. The fourth-order valence-electron chi connectivity index (χ4n) is 3.28. The molecule has 4 N–H and O–H groups in total. The number of aromatic nitrogens is 4. The average molecular weight is 391 g/mol. The summed E-state index contributed by atoms with van der Waals surface area (Å²) in [7, 11) is 3.17. The topological polar surface area (TPSA) is 119 Å². The second-order valence-corrected chi connectivity index (χ2v) is 6.67. The van der Waals surface area contributed by atoms with Crippen molar-refractivity contribution < 1.29 is 9.47 Å². The number of methoxy groups -OCH3 is 2. The zero-order chi connectivity index (χ0) is 20.4. The zero-order valence-electron chi connectivity index (χ0n) is 16.1. The van der Waals surface area contributed by atoms with Gasteiger partial charge in [-0.3, -0.25) is 9.89 Å². The fourth-order valence-corrected chi connectivity index (χ4v) is 3.28. The van der Waals surface area contributed by atoms with Crippen LogP contribution < -0.4 is 20.8 Å². The third kappa shape index (κ3) is 3.70. The second kappa shape index (κ2) is 7.76. The van der Waals surface area contributed by atoms with Crippen LogP contribution in [0.15, 0.2) is 53.6 Å². The maximum Gasteiger partial charge on any atom is 0.258 e. The monoisotopic (exact) mass is 391 g/mol. The molecule has 0 radical (unpaired) electrons. The van der Waals surface area contributed by atoms with Crippen LogP contribution in [-0.4, -0.2) is 34.4 Å². The van der Waals surface area contributed by atoms with Gasteiger partial charge in [0.25, 0.3) is 5.56 Å². The zero-order valence-corrected chi connectivity index (χ0v) is 16.1. The molecule has 0 fully saturated rings. The number of nitrogens with zero attached hydrogens (tertiary/aromatic N) is 2. The summed E-state index contributed by atoms with van der Waals surface area (Å²) in [6.45, 7) is 0. The lowest BCUT2D eigenvalue weighted by atomic mass is 10.0. The molecule has 4 aromatic rings. The van der Waals surface area contributed by atoms with Crippen molar-refractivity contribution in [2.24, 2.45) is 5.73 Å². The van der Waals surface area contributed by atoms with Crippen LogP contribution in [0.1, 0.15) is 17.4 Å². The van der Waals surface area contributed by atoms with Crippen LogP contribution in [-0.2, 0) is 6.42 Å². The van der Waals surface area contributed by atoms with Crippen LogP contribution in [0.4, 0.5) is 0 Å². The number of nitrogens with two attached hydrogens (primary N) is 1. The van der Waals surface area contributed by atoms with Crippen molar-refractivity contribution >= 4 is 10.9 Å². The van der Waals surface area contributed by atoms with Gasteiger partial charge >= 0.3 is 0 Å². The summed E-state index contributed by atoms with van der Waals surface area (Å²) in [5.74, 6) is 1.72. The summed E-state index contributed by atoms with van der Waals surface area (Å²) < 4.78 is 10.6. The predicted octanol–water partition coefficient (Wildman–Crippen LogP) is 2.57. The lowest BCUT2D eigenvalue weighted by Gasteiger charge is -2.14. The molecule has 0 aliphatic heterocycles. The van der Waals surface area contributed by atoms with Crippen LogP contribution >= 0.6 is 0 Å². The third-order valence-corrected chi connectivity index (χ3v) is 4.81. The highest BCUT2D eigenvalue weighted by Gasteiger charge is 2.14. The number of H-pyrrole nitrogens is 2. The van der Waals surface area contributed by atoms with Crippen LogP contribution in [0.25, 0.3) is 22.0 Å². The van der Waals surface area contributed by atoms with E-state index in [1.807, 2.05) is 30.3 Å². The van der Waals surface area contributed by atoms with E-state index in [1.165, 1.54) is 0 Å². The van der Waals surface area contributed by atoms with Gasteiger partial charge in [-0.1, -0.05) is 12.1 Å². The van der Waals surface area contributed by atoms with Gasteiger partial charge in [-0.2, -0.15) is 5.10 Å². The molecule has 0 saturated heterocycles. The molecule has 2 aromatic heterocycles. The SMILES string of the molecule is COc1ccc(C[C@@H](N)c2nc3ccc(-c4cn[nH]c4)cc3c(=O)[nH]2)cc1OC. The maximum absolute atomic E-state index is 12.7. The maximum atomic E-state index is 12.7. The first kappa shape index (κ1) is 18.7. The van der Waals surface area contributed by atoms with Crippen molar-refractivity contribution in [2.75, 3.05) is 14.2 Å². The van der Waals surface area contributed by atoms with Gasteiger partial charge in [0.2, 0.25) is 0 Å². The van der Waals surface area contributed by atoms with E-state index in [0.29, 0.717) is 34.6 Å². The number of fused-ring (bicyclic) bond motifs is 1. The fraction of sp³-hybridized carbons (Fsp3) is 0.190. The van der Waals surface area contributed by atoms with Gasteiger partial charge in [-0.15, -0.1) is 0 Å². The molecule has 0 spiro atoms. The van der Waals surface area contributed by atoms with E-state index >= 15 is 0 Å². The lowest BCUT2D eigenvalue weighted by molar-refractivity contribution is 0.354. The van der Waals surface area contributed by atoms with E-state index in [4.69, 9.17) is 15.2 Å². The number of ether oxygens (including phenoxy) is 2. The largest absolute Gasteiger partial charge is 0.493 e. The van der Waals surface area contributed by atoms with Crippen molar-refractivity contribution in [1.82, 2.24) is 20.2 Å². The highest BCUT2D eigenvalue weighted by Crippen LogP contribution is 2.29. The molecule has 0 saturated carbocycles. The van der Waals surface area contributed by atoms with Gasteiger partial charge in [0.1, 0.15) is 5.82 Å². The van der Waals surface area contributed by atoms with Gasteiger partial charge in [0, 0.05) is 11.8 Å². The molecule has 0 unspecified atom stereocenters. The number of hydrogen-bond acceptors (Lipinski definition) is 6. The normalized spacial score (nSPS) is 12.1. The first-order valence-electron chi connectivity index (χ1n) is 9.08. The molecule has 2 heterocycles. The highest BCUT2D eigenvalue weighted by molar-refractivity contribution is 5.83. The summed E-state index contributed by atoms with van der Waals surface area (Å²) >= 11 is 0. The minimum atomic E-state index is -0.473. The van der Waals surface area contributed by atoms with Crippen molar-refractivity contribution in [3.63, 3.8) is 0 Å². The van der Waals surface area contributed by atoms with E-state index in [-0.39, 0.29) is 5.56 Å². The summed E-state index contributed by atoms with van der Waals surface area (Å²) in [6.07, 6.45) is 3.97. The Balaban J connectivity index is 1.64. The van der Waals surface area contributed by atoms with Crippen molar-refractivity contribution in [2.45, 2.75) is 12.5 Å². The van der Waals surface area contributed by atoms with Gasteiger partial charge in [-0.05, 0) is 41.8 Å². The molecule has 2 aromatic carbocycles. The molecule has 148 valence electrons. The molecule has 0 aliphatic rings. The van der Waals surface area contributed by atoms with Crippen LogP contribution in [0, 0.1) is 0 Å². The molecule has 8 heteroatoms. The molecule has 0 amide bonds. The average Bonchev–Trinajstić information content (AvgIpc) is 3.28. The molecule has 0 bridgehead atoms. The quantitative estimate of drug-likeness (QED) is 0.465. The van der Waals surface area contributed by atoms with Crippen LogP contribution in [0.2, 0.25) is 0 Å². The van der Waals surface area contributed by atoms with E-state index in [2.05, 4.69) is 20.2 Å². The molecule has 29 heavy (non-hydrogen) atoms. The van der Waals surface area contributed by atoms with Crippen LogP contribution in [0.3, 0.4) is 0 Å². The molecule has 1 atom stereocenters. The Kier molecular flexibility index (Phi) is 5.01. The lowest BCUT2D eigenvalue weighted by Crippen LogP contribution is -2.21. The summed E-state index contributed by atoms with van der Waals surface area (Å²) in [4.78, 5) is 20.0. The van der Waals surface area contributed by atoms with Crippen LogP contribution in [0.5, 0.6) is 11.5 Å². The number of nitrogens with one attached hydrogen (secondary N) is 2. The molecule has 8 nitrogen and oxygen atoms in total. The van der Waals surface area contributed by atoms with E-state index < -0.39 is 6.04 Å². The second-order valence-electron chi connectivity index (χ2n) is 6.67. The third-order valence-electron chi connectivity index (χ3n) is 4.81. The first-order chi connectivity index (χ1) is 14.1.